The second-order valence-corrected chi connectivity index (χ2v) is 4.24. The van der Waals surface area contributed by atoms with Crippen LogP contribution >= 0.6 is 0 Å². The van der Waals surface area contributed by atoms with Crippen molar-refractivity contribution in [2.45, 2.75) is 40.0 Å². The standard InChI is InChI=1S/C12H22O2/c1-9(2)11(4)7-6-10(3)8-12(13)14-5/h9-10H,4,6-8H2,1-3,5H3/t10-/m1/s1. The van der Waals surface area contributed by atoms with Gasteiger partial charge < -0.3 is 4.74 Å². The summed E-state index contributed by atoms with van der Waals surface area (Å²) in [5.74, 6) is 0.811. The quantitative estimate of drug-likeness (QED) is 0.484. The average molecular weight is 198 g/mol. The Hall–Kier alpha value is -0.790. The predicted molar refractivity (Wildman–Crippen MR) is 59.0 cm³/mol. The molecular weight excluding hydrogens is 176 g/mol. The lowest BCUT2D eigenvalue weighted by molar-refractivity contribution is -0.141. The molecule has 0 aromatic carbocycles. The van der Waals surface area contributed by atoms with Gasteiger partial charge >= 0.3 is 5.97 Å². The third-order valence-electron chi connectivity index (χ3n) is 2.52. The molecule has 0 spiro atoms. The van der Waals surface area contributed by atoms with Crippen molar-refractivity contribution < 1.29 is 9.53 Å². The lowest BCUT2D eigenvalue weighted by Crippen LogP contribution is -2.07. The summed E-state index contributed by atoms with van der Waals surface area (Å²) in [6.45, 7) is 10.4. The van der Waals surface area contributed by atoms with E-state index in [1.165, 1.54) is 12.7 Å². The molecule has 0 radical (unpaired) electrons. The van der Waals surface area contributed by atoms with E-state index in [0.29, 0.717) is 18.3 Å². The molecule has 82 valence electrons. The molecule has 0 bridgehead atoms. The molecule has 0 fully saturated rings. The number of methoxy groups -OCH3 is 1. The van der Waals surface area contributed by atoms with Crippen LogP contribution in [0.2, 0.25) is 0 Å². The maximum Gasteiger partial charge on any atom is 0.305 e. The van der Waals surface area contributed by atoms with Crippen LogP contribution in [0, 0.1) is 11.8 Å². The van der Waals surface area contributed by atoms with Gasteiger partial charge in [-0.2, -0.15) is 0 Å². The van der Waals surface area contributed by atoms with Crippen LogP contribution in [0.25, 0.3) is 0 Å². The number of carbonyl (C=O) groups is 1. The molecule has 0 saturated heterocycles. The van der Waals surface area contributed by atoms with Crippen molar-refractivity contribution in [3.8, 4) is 0 Å². The van der Waals surface area contributed by atoms with Gasteiger partial charge in [0, 0.05) is 6.42 Å². The zero-order valence-corrected chi connectivity index (χ0v) is 9.80. The molecule has 1 atom stereocenters. The van der Waals surface area contributed by atoms with E-state index in [4.69, 9.17) is 0 Å². The van der Waals surface area contributed by atoms with Crippen LogP contribution in [-0.2, 0) is 9.53 Å². The first kappa shape index (κ1) is 13.2. The number of rotatable bonds is 6. The fraction of sp³-hybridized carbons (Fsp3) is 0.750. The second kappa shape index (κ2) is 6.63. The van der Waals surface area contributed by atoms with Crippen molar-refractivity contribution in [3.05, 3.63) is 12.2 Å². The van der Waals surface area contributed by atoms with Gasteiger partial charge in [-0.05, 0) is 24.7 Å². The number of hydrogen-bond acceptors (Lipinski definition) is 2. The zero-order valence-electron chi connectivity index (χ0n) is 9.80. The molecule has 0 aliphatic carbocycles. The summed E-state index contributed by atoms with van der Waals surface area (Å²) in [5.41, 5.74) is 1.27. The van der Waals surface area contributed by atoms with E-state index in [1.807, 2.05) is 0 Å². The van der Waals surface area contributed by atoms with E-state index in [-0.39, 0.29) is 5.97 Å². The Morgan fingerprint density at radius 3 is 2.36 bits per heavy atom. The number of esters is 1. The van der Waals surface area contributed by atoms with Crippen LogP contribution < -0.4 is 0 Å². The van der Waals surface area contributed by atoms with E-state index >= 15 is 0 Å². The van der Waals surface area contributed by atoms with Gasteiger partial charge in [-0.3, -0.25) is 4.79 Å². The monoisotopic (exact) mass is 198 g/mol. The first-order valence-electron chi connectivity index (χ1n) is 5.21. The maximum absolute atomic E-state index is 11.0. The molecule has 0 unspecified atom stereocenters. The Kier molecular flexibility index (Phi) is 6.26. The van der Waals surface area contributed by atoms with Crippen LogP contribution in [0.15, 0.2) is 12.2 Å². The molecule has 0 aliphatic rings. The van der Waals surface area contributed by atoms with E-state index in [1.54, 1.807) is 0 Å². The second-order valence-electron chi connectivity index (χ2n) is 4.24. The Morgan fingerprint density at radius 1 is 1.36 bits per heavy atom. The number of hydrogen-bond donors (Lipinski definition) is 0. The highest BCUT2D eigenvalue weighted by Gasteiger charge is 2.10. The number of ether oxygens (including phenoxy) is 1. The van der Waals surface area contributed by atoms with Gasteiger partial charge in [0.1, 0.15) is 0 Å². The molecular formula is C12H22O2. The first-order chi connectivity index (χ1) is 6.47. The summed E-state index contributed by atoms with van der Waals surface area (Å²) in [6.07, 6.45) is 2.55. The topological polar surface area (TPSA) is 26.3 Å². The summed E-state index contributed by atoms with van der Waals surface area (Å²) in [7, 11) is 1.43. The molecule has 0 saturated carbocycles. The molecule has 2 nitrogen and oxygen atoms in total. The zero-order chi connectivity index (χ0) is 11.1. The largest absolute Gasteiger partial charge is 0.469 e. The molecule has 0 amide bonds. The smallest absolute Gasteiger partial charge is 0.305 e. The van der Waals surface area contributed by atoms with Crippen LogP contribution in [0.4, 0.5) is 0 Å². The van der Waals surface area contributed by atoms with Gasteiger partial charge in [0.05, 0.1) is 7.11 Å². The predicted octanol–water partition coefficient (Wildman–Crippen LogP) is 3.18. The summed E-state index contributed by atoms with van der Waals surface area (Å²) in [4.78, 5) is 11.0. The third-order valence-corrected chi connectivity index (χ3v) is 2.52. The van der Waals surface area contributed by atoms with Gasteiger partial charge in [-0.15, -0.1) is 0 Å². The van der Waals surface area contributed by atoms with Crippen molar-refractivity contribution in [2.75, 3.05) is 7.11 Å². The lowest BCUT2D eigenvalue weighted by Gasteiger charge is -2.13. The molecule has 0 heterocycles. The molecule has 14 heavy (non-hydrogen) atoms. The van der Waals surface area contributed by atoms with Crippen LogP contribution in [0.5, 0.6) is 0 Å². The fourth-order valence-corrected chi connectivity index (χ4v) is 1.19. The minimum absolute atomic E-state index is 0.118. The average Bonchev–Trinajstić information content (AvgIpc) is 2.13. The first-order valence-corrected chi connectivity index (χ1v) is 5.21. The van der Waals surface area contributed by atoms with E-state index < -0.39 is 0 Å². The van der Waals surface area contributed by atoms with Crippen LogP contribution in [0.3, 0.4) is 0 Å². The normalized spacial score (nSPS) is 12.6. The Morgan fingerprint density at radius 2 is 1.93 bits per heavy atom. The summed E-state index contributed by atoms with van der Waals surface area (Å²) in [6, 6.07) is 0. The Labute approximate surface area is 87.3 Å². The summed E-state index contributed by atoms with van der Waals surface area (Å²) >= 11 is 0. The summed E-state index contributed by atoms with van der Waals surface area (Å²) < 4.78 is 4.61. The molecule has 0 rings (SSSR count). The third kappa shape index (κ3) is 5.79. The van der Waals surface area contributed by atoms with Crippen molar-refractivity contribution in [1.82, 2.24) is 0 Å². The molecule has 0 aromatic rings. The highest BCUT2D eigenvalue weighted by Crippen LogP contribution is 2.19. The van der Waals surface area contributed by atoms with Gasteiger partial charge in [0.15, 0.2) is 0 Å². The van der Waals surface area contributed by atoms with Gasteiger partial charge in [-0.1, -0.05) is 32.9 Å². The molecule has 0 aromatic heterocycles. The van der Waals surface area contributed by atoms with Crippen molar-refractivity contribution in [3.63, 3.8) is 0 Å². The van der Waals surface area contributed by atoms with Crippen LogP contribution in [-0.4, -0.2) is 13.1 Å². The summed E-state index contributed by atoms with van der Waals surface area (Å²) in [5, 5.41) is 0. The molecule has 2 heteroatoms. The van der Waals surface area contributed by atoms with Crippen molar-refractivity contribution in [2.24, 2.45) is 11.8 Å². The van der Waals surface area contributed by atoms with Gasteiger partial charge in [0.25, 0.3) is 0 Å². The highest BCUT2D eigenvalue weighted by molar-refractivity contribution is 5.69. The number of carbonyl (C=O) groups excluding carboxylic acids is 1. The van der Waals surface area contributed by atoms with E-state index in [2.05, 4.69) is 32.1 Å². The van der Waals surface area contributed by atoms with Gasteiger partial charge in [0.2, 0.25) is 0 Å². The van der Waals surface area contributed by atoms with Crippen molar-refractivity contribution >= 4 is 5.97 Å². The van der Waals surface area contributed by atoms with Crippen LogP contribution in [0.1, 0.15) is 40.0 Å². The minimum atomic E-state index is -0.118. The molecule has 0 N–H and O–H groups in total. The minimum Gasteiger partial charge on any atom is -0.469 e. The molecule has 0 aliphatic heterocycles. The highest BCUT2D eigenvalue weighted by atomic mass is 16.5. The Balaban J connectivity index is 3.68. The SMILES string of the molecule is C=C(CC[C@@H](C)CC(=O)OC)C(C)C. The number of allylic oxidation sites excluding steroid dienone is 1. The fourth-order valence-electron chi connectivity index (χ4n) is 1.19. The Bertz CT molecular complexity index is 194. The van der Waals surface area contributed by atoms with E-state index in [0.717, 1.165) is 12.8 Å². The van der Waals surface area contributed by atoms with Crippen molar-refractivity contribution in [1.29, 1.82) is 0 Å². The van der Waals surface area contributed by atoms with E-state index in [9.17, 15) is 4.79 Å². The maximum atomic E-state index is 11.0. The van der Waals surface area contributed by atoms with Gasteiger partial charge in [-0.25, -0.2) is 0 Å². The lowest BCUT2D eigenvalue weighted by atomic mass is 9.94.